The molecule has 1 aromatic carbocycles. The zero-order valence-electron chi connectivity index (χ0n) is 17.6. The molecule has 0 saturated heterocycles. The number of alkyl halides is 3. The molecule has 1 aliphatic heterocycles. The van der Waals surface area contributed by atoms with Crippen LogP contribution >= 0.6 is 0 Å². The summed E-state index contributed by atoms with van der Waals surface area (Å²) in [5.74, 6) is 0.616. The van der Waals surface area contributed by atoms with Gasteiger partial charge in [-0.25, -0.2) is 24.3 Å². The second-order valence-corrected chi connectivity index (χ2v) is 7.79. The number of hydrogen-bond acceptors (Lipinski definition) is 6. The zero-order valence-corrected chi connectivity index (χ0v) is 17.6. The van der Waals surface area contributed by atoms with E-state index < -0.39 is 11.7 Å². The topological polar surface area (TPSA) is 91.7 Å². The van der Waals surface area contributed by atoms with E-state index in [4.69, 9.17) is 15.5 Å². The lowest BCUT2D eigenvalue weighted by Crippen LogP contribution is -2.16. The van der Waals surface area contributed by atoms with E-state index in [-0.39, 0.29) is 30.3 Å². The molecule has 0 spiro atoms. The fraction of sp³-hybridized carbons (Fsp3) is 0.217. The summed E-state index contributed by atoms with van der Waals surface area (Å²) < 4.78 is 59.6. The molecule has 34 heavy (non-hydrogen) atoms. The molecule has 5 rings (SSSR count). The summed E-state index contributed by atoms with van der Waals surface area (Å²) in [6.07, 6.45) is -0.815. The van der Waals surface area contributed by atoms with Crippen LogP contribution in [-0.2, 0) is 12.6 Å². The first-order chi connectivity index (χ1) is 16.3. The molecule has 2 N–H and O–H groups in total. The third-order valence-corrected chi connectivity index (χ3v) is 5.57. The standard InChI is InChI=1S/C23H18F4N6O/c24-15-4-1-13(2-5-15)20-21(17-9-10-29-22(28)31-17)33-16(6-7-18(33)32-20)12-34-19-8-3-14(11-30-19)23(25,26)27/h1-5,8-11,16H,6-7,12H2,(H2,28,29,31)/t16-/m0/s1. The molecule has 1 atom stereocenters. The van der Waals surface area contributed by atoms with Gasteiger partial charge in [0, 0.05) is 30.4 Å². The maximum Gasteiger partial charge on any atom is 0.417 e. The van der Waals surface area contributed by atoms with Gasteiger partial charge in [-0.05, 0) is 42.8 Å². The predicted octanol–water partition coefficient (Wildman–Crippen LogP) is 4.71. The number of aryl methyl sites for hydroxylation is 1. The van der Waals surface area contributed by atoms with E-state index in [1.807, 2.05) is 4.57 Å². The number of nitrogens with zero attached hydrogens (tertiary/aromatic N) is 5. The number of ether oxygens (including phenoxy) is 1. The lowest BCUT2D eigenvalue weighted by molar-refractivity contribution is -0.137. The van der Waals surface area contributed by atoms with Gasteiger partial charge in [0.15, 0.2) is 0 Å². The molecule has 0 amide bonds. The van der Waals surface area contributed by atoms with Crippen molar-refractivity contribution >= 4 is 5.95 Å². The van der Waals surface area contributed by atoms with Crippen LogP contribution in [-0.4, -0.2) is 31.1 Å². The van der Waals surface area contributed by atoms with Crippen molar-refractivity contribution in [2.24, 2.45) is 0 Å². The normalized spacial score (nSPS) is 15.4. The molecule has 0 fully saturated rings. The third kappa shape index (κ3) is 4.16. The van der Waals surface area contributed by atoms with Gasteiger partial charge in [0.2, 0.25) is 11.8 Å². The number of benzene rings is 1. The summed E-state index contributed by atoms with van der Waals surface area (Å²) in [6.45, 7) is 0.165. The maximum absolute atomic E-state index is 13.5. The fourth-order valence-electron chi connectivity index (χ4n) is 4.01. The minimum Gasteiger partial charge on any atom is -0.475 e. The molecular formula is C23H18F4N6O. The number of aromatic nitrogens is 5. The van der Waals surface area contributed by atoms with Crippen molar-refractivity contribution in [1.82, 2.24) is 24.5 Å². The van der Waals surface area contributed by atoms with Gasteiger partial charge in [-0.2, -0.15) is 13.2 Å². The van der Waals surface area contributed by atoms with Gasteiger partial charge in [-0.3, -0.25) is 0 Å². The average Bonchev–Trinajstić information content (AvgIpc) is 3.37. The third-order valence-electron chi connectivity index (χ3n) is 5.57. The number of rotatable bonds is 5. The van der Waals surface area contributed by atoms with Crippen LogP contribution in [0.5, 0.6) is 5.88 Å². The summed E-state index contributed by atoms with van der Waals surface area (Å²) in [7, 11) is 0. The molecule has 3 aromatic heterocycles. The van der Waals surface area contributed by atoms with E-state index in [2.05, 4.69) is 15.0 Å². The van der Waals surface area contributed by atoms with Crippen molar-refractivity contribution in [2.45, 2.75) is 25.1 Å². The van der Waals surface area contributed by atoms with E-state index in [0.29, 0.717) is 35.5 Å². The second kappa shape index (κ2) is 8.40. The number of anilines is 1. The van der Waals surface area contributed by atoms with Gasteiger partial charge < -0.3 is 15.0 Å². The predicted molar refractivity (Wildman–Crippen MR) is 115 cm³/mol. The molecule has 0 saturated carbocycles. The highest BCUT2D eigenvalue weighted by Gasteiger charge is 2.32. The second-order valence-electron chi connectivity index (χ2n) is 7.79. The summed E-state index contributed by atoms with van der Waals surface area (Å²) in [4.78, 5) is 16.9. The molecule has 1 aliphatic rings. The smallest absolute Gasteiger partial charge is 0.417 e. The van der Waals surface area contributed by atoms with Gasteiger partial charge in [0.25, 0.3) is 0 Å². The van der Waals surface area contributed by atoms with Crippen molar-refractivity contribution in [1.29, 1.82) is 0 Å². The van der Waals surface area contributed by atoms with Crippen molar-refractivity contribution in [3.05, 3.63) is 72.1 Å². The number of pyridine rings is 1. The molecule has 0 unspecified atom stereocenters. The van der Waals surface area contributed by atoms with Crippen LogP contribution in [0, 0.1) is 5.82 Å². The van der Waals surface area contributed by atoms with Crippen molar-refractivity contribution < 1.29 is 22.3 Å². The summed E-state index contributed by atoms with van der Waals surface area (Å²) >= 11 is 0. The zero-order chi connectivity index (χ0) is 23.9. The molecule has 11 heteroatoms. The highest BCUT2D eigenvalue weighted by atomic mass is 19.4. The van der Waals surface area contributed by atoms with Gasteiger partial charge in [-0.1, -0.05) is 0 Å². The van der Waals surface area contributed by atoms with Crippen LogP contribution < -0.4 is 10.5 Å². The van der Waals surface area contributed by atoms with Crippen molar-refractivity contribution in [3.8, 4) is 28.5 Å². The Morgan fingerprint density at radius 1 is 1.03 bits per heavy atom. The number of nitrogen functional groups attached to an aromatic ring is 1. The average molecular weight is 470 g/mol. The number of hydrogen-bond donors (Lipinski definition) is 1. The molecule has 4 heterocycles. The Labute approximate surface area is 191 Å². The first-order valence-corrected chi connectivity index (χ1v) is 10.4. The van der Waals surface area contributed by atoms with E-state index >= 15 is 0 Å². The van der Waals surface area contributed by atoms with E-state index in [9.17, 15) is 17.6 Å². The Hall–Kier alpha value is -4.02. The summed E-state index contributed by atoms with van der Waals surface area (Å²) in [5, 5.41) is 0. The lowest BCUT2D eigenvalue weighted by Gasteiger charge is -2.18. The van der Waals surface area contributed by atoms with Crippen LogP contribution in [0.15, 0.2) is 54.9 Å². The molecule has 7 nitrogen and oxygen atoms in total. The van der Waals surface area contributed by atoms with Crippen molar-refractivity contribution in [2.75, 3.05) is 12.3 Å². The van der Waals surface area contributed by atoms with Crippen LogP contribution in [0.1, 0.15) is 23.9 Å². The van der Waals surface area contributed by atoms with E-state index in [1.54, 1.807) is 24.4 Å². The van der Waals surface area contributed by atoms with Gasteiger partial charge in [0.1, 0.15) is 18.2 Å². The molecule has 4 aromatic rings. The molecular weight excluding hydrogens is 452 g/mol. The van der Waals surface area contributed by atoms with Gasteiger partial charge in [0.05, 0.1) is 28.7 Å². The van der Waals surface area contributed by atoms with E-state index in [0.717, 1.165) is 18.1 Å². The Morgan fingerprint density at radius 2 is 1.82 bits per heavy atom. The maximum atomic E-state index is 13.5. The highest BCUT2D eigenvalue weighted by molar-refractivity contribution is 5.78. The quantitative estimate of drug-likeness (QED) is 0.425. The van der Waals surface area contributed by atoms with Crippen LogP contribution in [0.25, 0.3) is 22.6 Å². The summed E-state index contributed by atoms with van der Waals surface area (Å²) in [6, 6.07) is 9.65. The first-order valence-electron chi connectivity index (χ1n) is 10.4. The van der Waals surface area contributed by atoms with Gasteiger partial charge >= 0.3 is 6.18 Å². The highest BCUT2D eigenvalue weighted by Crippen LogP contribution is 2.39. The van der Waals surface area contributed by atoms with Crippen LogP contribution in [0.4, 0.5) is 23.5 Å². The molecule has 174 valence electrons. The van der Waals surface area contributed by atoms with Gasteiger partial charge in [-0.15, -0.1) is 0 Å². The number of fused-ring (bicyclic) bond motifs is 1. The SMILES string of the molecule is Nc1nccc(-c2c(-c3ccc(F)cc3)nc3n2[C@H](COc2ccc(C(F)(F)F)cn2)CC3)n1. The van der Waals surface area contributed by atoms with Crippen molar-refractivity contribution in [3.63, 3.8) is 0 Å². The molecule has 0 radical (unpaired) electrons. The van der Waals surface area contributed by atoms with Crippen LogP contribution in [0.2, 0.25) is 0 Å². The minimum atomic E-state index is -4.46. The number of halogens is 4. The van der Waals surface area contributed by atoms with Crippen LogP contribution in [0.3, 0.4) is 0 Å². The Kier molecular flexibility index (Phi) is 5.39. The largest absolute Gasteiger partial charge is 0.475 e. The molecule has 0 bridgehead atoms. The minimum absolute atomic E-state index is 0.0909. The Bertz CT molecular complexity index is 1320. The number of nitrogens with two attached hydrogens (primary N) is 1. The number of imidazole rings is 1. The van der Waals surface area contributed by atoms with E-state index in [1.165, 1.54) is 18.2 Å². The fourth-order valence-corrected chi connectivity index (χ4v) is 4.01. The molecule has 0 aliphatic carbocycles. The monoisotopic (exact) mass is 470 g/mol. The first kappa shape index (κ1) is 21.8. The Balaban J connectivity index is 1.49. The lowest BCUT2D eigenvalue weighted by atomic mass is 10.1. The summed E-state index contributed by atoms with van der Waals surface area (Å²) in [5.41, 5.74) is 7.53. The Morgan fingerprint density at radius 3 is 2.50 bits per heavy atom.